The van der Waals surface area contributed by atoms with Gasteiger partial charge < -0.3 is 5.32 Å². The number of fused-ring (bicyclic) bond motifs is 1. The molecule has 1 amide bonds. The molecule has 3 rings (SSSR count). The number of carbonyl (C=O) groups is 1. The number of aromatic nitrogens is 2. The Morgan fingerprint density at radius 2 is 2.14 bits per heavy atom. The van der Waals surface area contributed by atoms with Crippen molar-refractivity contribution in [1.29, 1.82) is 0 Å². The molecular formula is C17H16FN3O. The molecule has 0 fully saturated rings. The minimum absolute atomic E-state index is 0.165. The summed E-state index contributed by atoms with van der Waals surface area (Å²) in [5, 5.41) is 8.05. The van der Waals surface area contributed by atoms with Gasteiger partial charge in [0.25, 0.3) is 0 Å². The van der Waals surface area contributed by atoms with Crippen molar-refractivity contribution in [2.45, 2.75) is 19.9 Å². The van der Waals surface area contributed by atoms with Crippen molar-refractivity contribution in [1.82, 2.24) is 9.78 Å². The van der Waals surface area contributed by atoms with Crippen LogP contribution >= 0.6 is 0 Å². The first-order valence-corrected chi connectivity index (χ1v) is 7.09. The highest BCUT2D eigenvalue weighted by Gasteiger charge is 2.07. The van der Waals surface area contributed by atoms with Crippen LogP contribution in [0.3, 0.4) is 0 Å². The quantitative estimate of drug-likeness (QED) is 0.801. The van der Waals surface area contributed by atoms with E-state index in [0.717, 1.165) is 10.9 Å². The van der Waals surface area contributed by atoms with Gasteiger partial charge in [0.05, 0.1) is 18.3 Å². The Bertz CT molecular complexity index is 826. The first-order chi connectivity index (χ1) is 10.6. The lowest BCUT2D eigenvalue weighted by molar-refractivity contribution is -0.116. The van der Waals surface area contributed by atoms with Gasteiger partial charge in [-0.15, -0.1) is 0 Å². The monoisotopic (exact) mass is 297 g/mol. The lowest BCUT2D eigenvalue weighted by atomic mass is 10.2. The van der Waals surface area contributed by atoms with Crippen LogP contribution in [0.25, 0.3) is 10.9 Å². The second-order valence-corrected chi connectivity index (χ2v) is 5.24. The van der Waals surface area contributed by atoms with Crippen LogP contribution < -0.4 is 5.32 Å². The number of hydrogen-bond donors (Lipinski definition) is 1. The minimum Gasteiger partial charge on any atom is -0.326 e. The molecule has 0 spiro atoms. The summed E-state index contributed by atoms with van der Waals surface area (Å²) >= 11 is 0. The number of hydrogen-bond acceptors (Lipinski definition) is 2. The molecule has 2 aromatic carbocycles. The SMILES string of the molecule is Cc1ccc2c(cnn2CCC(=O)Nc2cccc(F)c2)c1. The first kappa shape index (κ1) is 14.3. The van der Waals surface area contributed by atoms with Crippen molar-refractivity contribution in [2.75, 3.05) is 5.32 Å². The molecule has 0 bridgehead atoms. The van der Waals surface area contributed by atoms with Crippen molar-refractivity contribution >= 4 is 22.5 Å². The lowest BCUT2D eigenvalue weighted by Gasteiger charge is -2.06. The van der Waals surface area contributed by atoms with Crippen molar-refractivity contribution < 1.29 is 9.18 Å². The van der Waals surface area contributed by atoms with E-state index in [1.54, 1.807) is 23.0 Å². The molecule has 112 valence electrons. The van der Waals surface area contributed by atoms with E-state index in [-0.39, 0.29) is 18.1 Å². The van der Waals surface area contributed by atoms with Crippen LogP contribution in [0.4, 0.5) is 10.1 Å². The Balaban J connectivity index is 1.65. The Kier molecular flexibility index (Phi) is 3.87. The standard InChI is InChI=1S/C17H16FN3O/c1-12-5-6-16-13(9-12)11-19-21(16)8-7-17(22)20-15-4-2-3-14(18)10-15/h2-6,9-11H,7-8H2,1H3,(H,20,22). The van der Waals surface area contributed by atoms with Gasteiger partial charge in [0.15, 0.2) is 0 Å². The van der Waals surface area contributed by atoms with E-state index < -0.39 is 0 Å². The smallest absolute Gasteiger partial charge is 0.226 e. The Morgan fingerprint density at radius 3 is 2.95 bits per heavy atom. The fourth-order valence-electron chi connectivity index (χ4n) is 2.38. The molecular weight excluding hydrogens is 281 g/mol. The highest BCUT2D eigenvalue weighted by atomic mass is 19.1. The fraction of sp³-hybridized carbons (Fsp3) is 0.176. The first-order valence-electron chi connectivity index (χ1n) is 7.09. The second kappa shape index (κ2) is 5.97. The van der Waals surface area contributed by atoms with Gasteiger partial charge in [0, 0.05) is 17.5 Å². The number of aryl methyl sites for hydroxylation is 2. The molecule has 0 aliphatic carbocycles. The molecule has 0 aliphatic rings. The van der Waals surface area contributed by atoms with E-state index >= 15 is 0 Å². The zero-order valence-electron chi connectivity index (χ0n) is 12.2. The third-order valence-corrected chi connectivity index (χ3v) is 3.46. The summed E-state index contributed by atoms with van der Waals surface area (Å²) in [6.07, 6.45) is 2.08. The topological polar surface area (TPSA) is 46.9 Å². The number of amides is 1. The Labute approximate surface area is 127 Å². The maximum Gasteiger partial charge on any atom is 0.226 e. The summed E-state index contributed by atoms with van der Waals surface area (Å²) in [7, 11) is 0. The third-order valence-electron chi connectivity index (χ3n) is 3.46. The largest absolute Gasteiger partial charge is 0.326 e. The number of halogens is 1. The predicted molar refractivity (Wildman–Crippen MR) is 84.1 cm³/mol. The number of rotatable bonds is 4. The molecule has 0 radical (unpaired) electrons. The van der Waals surface area contributed by atoms with E-state index in [0.29, 0.717) is 12.2 Å². The molecule has 5 heteroatoms. The average molecular weight is 297 g/mol. The van der Waals surface area contributed by atoms with Gasteiger partial charge in [-0.05, 0) is 37.3 Å². The molecule has 3 aromatic rings. The van der Waals surface area contributed by atoms with E-state index in [4.69, 9.17) is 0 Å². The number of anilines is 1. The second-order valence-electron chi connectivity index (χ2n) is 5.24. The van der Waals surface area contributed by atoms with Gasteiger partial charge in [0.2, 0.25) is 5.91 Å². The summed E-state index contributed by atoms with van der Waals surface area (Å²) in [6, 6.07) is 11.9. The van der Waals surface area contributed by atoms with Crippen molar-refractivity contribution in [2.24, 2.45) is 0 Å². The number of benzene rings is 2. The van der Waals surface area contributed by atoms with Crippen LogP contribution in [-0.4, -0.2) is 15.7 Å². The van der Waals surface area contributed by atoms with E-state index in [9.17, 15) is 9.18 Å². The zero-order chi connectivity index (χ0) is 15.5. The van der Waals surface area contributed by atoms with Crippen molar-refractivity contribution in [3.63, 3.8) is 0 Å². The van der Waals surface area contributed by atoms with Gasteiger partial charge >= 0.3 is 0 Å². The number of carbonyl (C=O) groups excluding carboxylic acids is 1. The van der Waals surface area contributed by atoms with Crippen molar-refractivity contribution in [3.8, 4) is 0 Å². The van der Waals surface area contributed by atoms with E-state index in [1.807, 2.05) is 19.1 Å². The normalized spacial score (nSPS) is 10.8. The summed E-state index contributed by atoms with van der Waals surface area (Å²) < 4.78 is 14.9. The number of nitrogens with one attached hydrogen (secondary N) is 1. The van der Waals surface area contributed by atoms with Crippen LogP contribution in [-0.2, 0) is 11.3 Å². The van der Waals surface area contributed by atoms with Crippen LogP contribution in [0, 0.1) is 12.7 Å². The van der Waals surface area contributed by atoms with Crippen LogP contribution in [0.5, 0.6) is 0 Å². The Hall–Kier alpha value is -2.69. The minimum atomic E-state index is -0.369. The lowest BCUT2D eigenvalue weighted by Crippen LogP contribution is -2.15. The Morgan fingerprint density at radius 1 is 1.27 bits per heavy atom. The molecule has 4 nitrogen and oxygen atoms in total. The maximum atomic E-state index is 13.1. The molecule has 22 heavy (non-hydrogen) atoms. The van der Waals surface area contributed by atoms with Gasteiger partial charge in [-0.2, -0.15) is 5.10 Å². The molecule has 0 saturated heterocycles. The highest BCUT2D eigenvalue weighted by Crippen LogP contribution is 2.16. The van der Waals surface area contributed by atoms with Crippen molar-refractivity contribution in [3.05, 3.63) is 60.0 Å². The van der Waals surface area contributed by atoms with E-state index in [2.05, 4.69) is 16.5 Å². The molecule has 1 N–H and O–H groups in total. The van der Waals surface area contributed by atoms with Crippen LogP contribution in [0.1, 0.15) is 12.0 Å². The predicted octanol–water partition coefficient (Wildman–Crippen LogP) is 3.51. The molecule has 0 unspecified atom stereocenters. The number of nitrogens with zero attached hydrogens (tertiary/aromatic N) is 2. The van der Waals surface area contributed by atoms with Gasteiger partial charge in [-0.3, -0.25) is 9.48 Å². The van der Waals surface area contributed by atoms with E-state index in [1.165, 1.54) is 17.7 Å². The fourth-order valence-corrected chi connectivity index (χ4v) is 2.38. The third kappa shape index (κ3) is 3.14. The summed E-state index contributed by atoms with van der Waals surface area (Å²) in [5.41, 5.74) is 2.64. The molecule has 0 aliphatic heterocycles. The molecule has 1 aromatic heterocycles. The van der Waals surface area contributed by atoms with Gasteiger partial charge in [-0.25, -0.2) is 4.39 Å². The highest BCUT2D eigenvalue weighted by molar-refractivity contribution is 5.90. The molecule has 0 saturated carbocycles. The van der Waals surface area contributed by atoms with Crippen LogP contribution in [0.15, 0.2) is 48.7 Å². The maximum absolute atomic E-state index is 13.1. The summed E-state index contributed by atoms with van der Waals surface area (Å²) in [4.78, 5) is 11.9. The summed E-state index contributed by atoms with van der Waals surface area (Å²) in [6.45, 7) is 2.51. The zero-order valence-corrected chi connectivity index (χ0v) is 12.2. The van der Waals surface area contributed by atoms with Gasteiger partial charge in [-0.1, -0.05) is 17.7 Å². The molecule has 1 heterocycles. The average Bonchev–Trinajstić information content (AvgIpc) is 2.87. The summed E-state index contributed by atoms with van der Waals surface area (Å²) in [5.74, 6) is -0.535. The van der Waals surface area contributed by atoms with Crippen LogP contribution in [0.2, 0.25) is 0 Å². The van der Waals surface area contributed by atoms with Gasteiger partial charge in [0.1, 0.15) is 5.82 Å². The molecule has 0 atom stereocenters.